The molecule has 1 atom stereocenters. The predicted molar refractivity (Wildman–Crippen MR) is 150 cm³/mol. The van der Waals surface area contributed by atoms with Crippen LogP contribution < -0.4 is 20.5 Å². The van der Waals surface area contributed by atoms with Crippen LogP contribution in [0.25, 0.3) is 11.3 Å². The SMILES string of the molecule is CC.Cc1cccc(C)c1-c1cc(=O)[nH]c(NSc2cccc(N3CCCNCC3C(C)C)c2)n1. The standard InChI is InChI=1S/C26H33N5OS.C2H6/c1-17(2)23-16-27-12-7-13-31(23)20-10-6-11-21(14-20)33-30-26-28-22(15-24(32)29-26)25-18(3)8-5-9-19(25)4;1-2/h5-6,8-11,14-15,17,23,27H,7,12-13,16H2,1-4H3,(H2,28,29,30,32);1-2H3. The van der Waals surface area contributed by atoms with Crippen LogP contribution in [0.4, 0.5) is 11.6 Å². The average molecular weight is 494 g/mol. The Hall–Kier alpha value is -2.77. The van der Waals surface area contributed by atoms with E-state index in [0.29, 0.717) is 23.6 Å². The van der Waals surface area contributed by atoms with Gasteiger partial charge in [-0.2, -0.15) is 0 Å². The van der Waals surface area contributed by atoms with Crippen molar-refractivity contribution in [3.05, 3.63) is 70.0 Å². The van der Waals surface area contributed by atoms with Gasteiger partial charge in [-0.05, 0) is 74.0 Å². The Morgan fingerprint density at radius 3 is 2.51 bits per heavy atom. The molecular weight excluding hydrogens is 454 g/mol. The van der Waals surface area contributed by atoms with Crippen molar-refractivity contribution in [2.75, 3.05) is 29.3 Å². The summed E-state index contributed by atoms with van der Waals surface area (Å²) in [5, 5.41) is 3.57. The molecule has 7 heteroatoms. The van der Waals surface area contributed by atoms with Gasteiger partial charge in [0.1, 0.15) is 0 Å². The highest BCUT2D eigenvalue weighted by atomic mass is 32.2. The Labute approximate surface area is 214 Å². The molecule has 0 amide bonds. The van der Waals surface area contributed by atoms with Crippen molar-refractivity contribution in [3.8, 4) is 11.3 Å². The van der Waals surface area contributed by atoms with Crippen molar-refractivity contribution in [2.45, 2.75) is 58.9 Å². The van der Waals surface area contributed by atoms with E-state index in [1.165, 1.54) is 17.6 Å². The molecule has 0 aliphatic carbocycles. The van der Waals surface area contributed by atoms with Crippen LogP contribution in [0.2, 0.25) is 0 Å². The van der Waals surface area contributed by atoms with E-state index in [4.69, 9.17) is 4.98 Å². The number of anilines is 2. The number of aromatic nitrogens is 2. The lowest BCUT2D eigenvalue weighted by Gasteiger charge is -2.34. The van der Waals surface area contributed by atoms with Gasteiger partial charge in [0.25, 0.3) is 5.56 Å². The number of rotatable bonds is 6. The molecule has 6 nitrogen and oxygen atoms in total. The number of aryl methyl sites for hydroxylation is 2. The van der Waals surface area contributed by atoms with E-state index in [1.807, 2.05) is 45.9 Å². The van der Waals surface area contributed by atoms with E-state index >= 15 is 0 Å². The van der Waals surface area contributed by atoms with Gasteiger partial charge in [0, 0.05) is 41.3 Å². The molecule has 1 aliphatic rings. The van der Waals surface area contributed by atoms with Gasteiger partial charge in [0.2, 0.25) is 5.95 Å². The zero-order valence-corrected chi connectivity index (χ0v) is 22.6. The molecule has 1 unspecified atom stereocenters. The van der Waals surface area contributed by atoms with Crippen LogP contribution in [0, 0.1) is 19.8 Å². The molecule has 0 radical (unpaired) electrons. The van der Waals surface area contributed by atoms with Crippen molar-refractivity contribution < 1.29 is 0 Å². The highest BCUT2D eigenvalue weighted by Crippen LogP contribution is 2.29. The molecule has 0 bridgehead atoms. The minimum absolute atomic E-state index is 0.170. The topological polar surface area (TPSA) is 73.1 Å². The van der Waals surface area contributed by atoms with Gasteiger partial charge in [-0.15, -0.1) is 0 Å². The number of nitrogens with zero attached hydrogens (tertiary/aromatic N) is 2. The summed E-state index contributed by atoms with van der Waals surface area (Å²) < 4.78 is 3.25. The van der Waals surface area contributed by atoms with Crippen molar-refractivity contribution >= 4 is 23.6 Å². The average Bonchev–Trinajstić information content (AvgIpc) is 3.10. The lowest BCUT2D eigenvalue weighted by atomic mass is 10.00. The third-order valence-electron chi connectivity index (χ3n) is 6.17. The summed E-state index contributed by atoms with van der Waals surface area (Å²) in [6, 6.07) is 16.7. The zero-order valence-electron chi connectivity index (χ0n) is 21.8. The highest BCUT2D eigenvalue weighted by molar-refractivity contribution is 8.00. The summed E-state index contributed by atoms with van der Waals surface area (Å²) >= 11 is 1.46. The summed E-state index contributed by atoms with van der Waals surface area (Å²) in [6.07, 6.45) is 1.13. The van der Waals surface area contributed by atoms with Crippen molar-refractivity contribution in [2.24, 2.45) is 5.92 Å². The minimum atomic E-state index is -0.170. The van der Waals surface area contributed by atoms with Gasteiger partial charge in [0.15, 0.2) is 0 Å². The second-order valence-corrected chi connectivity index (χ2v) is 9.89. The third kappa shape index (κ3) is 6.89. The lowest BCUT2D eigenvalue weighted by Crippen LogP contribution is -2.43. The quantitative estimate of drug-likeness (QED) is 0.365. The van der Waals surface area contributed by atoms with Crippen LogP contribution >= 0.6 is 11.9 Å². The normalized spacial score (nSPS) is 15.9. The van der Waals surface area contributed by atoms with E-state index in [9.17, 15) is 4.79 Å². The molecular formula is C28H39N5OS. The fraction of sp³-hybridized carbons (Fsp3) is 0.429. The highest BCUT2D eigenvalue weighted by Gasteiger charge is 2.24. The first-order valence-electron chi connectivity index (χ1n) is 12.6. The molecule has 1 saturated heterocycles. The van der Waals surface area contributed by atoms with Gasteiger partial charge in [0.05, 0.1) is 5.69 Å². The molecule has 2 aromatic carbocycles. The van der Waals surface area contributed by atoms with Crippen LogP contribution in [-0.4, -0.2) is 35.6 Å². The van der Waals surface area contributed by atoms with Crippen LogP contribution in [0.3, 0.4) is 0 Å². The molecule has 4 rings (SSSR count). The largest absolute Gasteiger partial charge is 0.367 e. The monoisotopic (exact) mass is 493 g/mol. The summed E-state index contributed by atoms with van der Waals surface area (Å²) in [6.45, 7) is 15.8. The van der Waals surface area contributed by atoms with Crippen molar-refractivity contribution in [1.82, 2.24) is 15.3 Å². The molecule has 1 fully saturated rings. The Kier molecular flexibility index (Phi) is 9.81. The summed E-state index contributed by atoms with van der Waals surface area (Å²) in [4.78, 5) is 23.5. The lowest BCUT2D eigenvalue weighted by molar-refractivity contribution is 0.454. The molecule has 1 aliphatic heterocycles. The van der Waals surface area contributed by atoms with Crippen molar-refractivity contribution in [3.63, 3.8) is 0 Å². The molecule has 3 N–H and O–H groups in total. The molecule has 3 aromatic rings. The number of aromatic amines is 1. The van der Waals surface area contributed by atoms with Gasteiger partial charge < -0.3 is 10.2 Å². The number of hydrogen-bond acceptors (Lipinski definition) is 6. The van der Waals surface area contributed by atoms with Crippen LogP contribution in [-0.2, 0) is 0 Å². The molecule has 0 spiro atoms. The Morgan fingerprint density at radius 2 is 1.80 bits per heavy atom. The van der Waals surface area contributed by atoms with Crippen LogP contribution in [0.1, 0.15) is 45.2 Å². The maximum atomic E-state index is 12.4. The van der Waals surface area contributed by atoms with E-state index in [0.717, 1.165) is 47.6 Å². The number of H-pyrrole nitrogens is 1. The third-order valence-corrected chi connectivity index (χ3v) is 6.95. The maximum Gasteiger partial charge on any atom is 0.252 e. The fourth-order valence-corrected chi connectivity index (χ4v) is 5.14. The smallest absolute Gasteiger partial charge is 0.252 e. The zero-order chi connectivity index (χ0) is 25.4. The first-order valence-corrected chi connectivity index (χ1v) is 13.4. The summed E-state index contributed by atoms with van der Waals surface area (Å²) in [5.74, 6) is 1.02. The maximum absolute atomic E-state index is 12.4. The van der Waals surface area contributed by atoms with E-state index < -0.39 is 0 Å². The van der Waals surface area contributed by atoms with E-state index in [1.54, 1.807) is 6.07 Å². The predicted octanol–water partition coefficient (Wildman–Crippen LogP) is 6.02. The van der Waals surface area contributed by atoms with Gasteiger partial charge in [-0.25, -0.2) is 4.98 Å². The Balaban J connectivity index is 0.00000167. The summed E-state index contributed by atoms with van der Waals surface area (Å²) in [7, 11) is 0. The molecule has 1 aromatic heterocycles. The van der Waals surface area contributed by atoms with Crippen LogP contribution in [0.15, 0.2) is 58.2 Å². The molecule has 2 heterocycles. The first kappa shape index (κ1) is 26.8. The van der Waals surface area contributed by atoms with E-state index in [-0.39, 0.29) is 5.56 Å². The van der Waals surface area contributed by atoms with Gasteiger partial charge in [-0.3, -0.25) is 14.5 Å². The first-order chi connectivity index (χ1) is 16.9. The Bertz CT molecular complexity index is 1140. The summed E-state index contributed by atoms with van der Waals surface area (Å²) in [5.41, 5.74) is 4.96. The molecule has 0 saturated carbocycles. The minimum Gasteiger partial charge on any atom is -0.367 e. The molecule has 188 valence electrons. The second-order valence-electron chi connectivity index (χ2n) is 9.01. The van der Waals surface area contributed by atoms with Crippen LogP contribution in [0.5, 0.6) is 0 Å². The fourth-order valence-electron chi connectivity index (χ4n) is 4.50. The molecule has 35 heavy (non-hydrogen) atoms. The number of nitrogens with one attached hydrogen (secondary N) is 3. The second kappa shape index (κ2) is 12.8. The Morgan fingerprint density at radius 1 is 1.09 bits per heavy atom. The number of hydrogen-bond donors (Lipinski definition) is 3. The van der Waals surface area contributed by atoms with Crippen molar-refractivity contribution in [1.29, 1.82) is 0 Å². The van der Waals surface area contributed by atoms with E-state index in [2.05, 4.69) is 58.0 Å². The van der Waals surface area contributed by atoms with Gasteiger partial charge in [-0.1, -0.05) is 52.0 Å². The van der Waals surface area contributed by atoms with Gasteiger partial charge >= 0.3 is 0 Å². The number of benzene rings is 2.